The molecule has 0 N–H and O–H groups in total. The van der Waals surface area contributed by atoms with Gasteiger partial charge in [0, 0.05) is 0 Å². The summed E-state index contributed by atoms with van der Waals surface area (Å²) in [6.07, 6.45) is 0. The monoisotopic (exact) mass is 416 g/mol. The van der Waals surface area contributed by atoms with Crippen molar-refractivity contribution in [3.8, 4) is 5.75 Å². The smallest absolute Gasteiger partial charge is 0.871 e. The number of rotatable bonds is 4. The van der Waals surface area contributed by atoms with Crippen LogP contribution < -0.4 is 34.7 Å². The zero-order chi connectivity index (χ0) is 22.1. The second-order valence-corrected chi connectivity index (χ2v) is 10.7. The van der Waals surface area contributed by atoms with Crippen molar-refractivity contribution in [3.05, 3.63) is 52.6 Å². The van der Waals surface area contributed by atoms with Crippen LogP contribution in [0.3, 0.4) is 0 Å². The molecule has 30 heavy (non-hydrogen) atoms. The van der Waals surface area contributed by atoms with Crippen LogP contribution in [0.15, 0.2) is 40.6 Å². The maximum atomic E-state index is 13.2. The summed E-state index contributed by atoms with van der Waals surface area (Å²) in [5.41, 5.74) is 5.23. The van der Waals surface area contributed by atoms with E-state index < -0.39 is 0 Å². The molecule has 0 unspecified atom stereocenters. The molecule has 2 rings (SSSR count). The van der Waals surface area contributed by atoms with E-state index in [0.29, 0.717) is 17.5 Å². The molecule has 0 radical (unpaired) electrons. The average molecular weight is 417 g/mol. The largest absolute Gasteiger partial charge is 1.00 e. The number of hydrogen-bond donors (Lipinski definition) is 0. The maximum Gasteiger partial charge on any atom is 1.00 e. The fourth-order valence-corrected chi connectivity index (χ4v) is 3.41. The van der Waals surface area contributed by atoms with Crippen LogP contribution in [0.25, 0.3) is 0 Å². The molecule has 0 saturated heterocycles. The summed E-state index contributed by atoms with van der Waals surface area (Å²) in [6, 6.07) is 10.3. The molecule has 0 aliphatic carbocycles. The van der Waals surface area contributed by atoms with Crippen molar-refractivity contribution in [2.24, 2.45) is 10.2 Å². The van der Waals surface area contributed by atoms with Gasteiger partial charge < -0.3 is 5.11 Å². The molecule has 0 bridgehead atoms. The molecular weight excluding hydrogens is 379 g/mol. The van der Waals surface area contributed by atoms with Crippen LogP contribution in [-0.2, 0) is 10.8 Å². The molecular formula is C26H37N2NaO. The summed E-state index contributed by atoms with van der Waals surface area (Å²) in [5.74, 6) is 0.642. The van der Waals surface area contributed by atoms with E-state index in [1.54, 1.807) is 0 Å². The average Bonchev–Trinajstić information content (AvgIpc) is 2.58. The molecule has 0 heterocycles. The molecule has 158 valence electrons. The van der Waals surface area contributed by atoms with Crippen molar-refractivity contribution in [3.63, 3.8) is 0 Å². The maximum absolute atomic E-state index is 13.2. The van der Waals surface area contributed by atoms with Gasteiger partial charge in [-0.25, -0.2) is 0 Å². The van der Waals surface area contributed by atoms with Crippen LogP contribution in [-0.4, -0.2) is 0 Å². The normalized spacial score (nSPS) is 12.7. The van der Waals surface area contributed by atoms with Crippen molar-refractivity contribution in [1.29, 1.82) is 0 Å². The van der Waals surface area contributed by atoms with E-state index in [-0.39, 0.29) is 46.1 Å². The van der Waals surface area contributed by atoms with Gasteiger partial charge in [-0.3, -0.25) is 0 Å². The van der Waals surface area contributed by atoms with Crippen LogP contribution >= 0.6 is 0 Å². The molecule has 0 saturated carbocycles. The zero-order valence-electron chi connectivity index (χ0n) is 20.8. The molecule has 0 fully saturated rings. The Hall–Kier alpha value is -1.16. The first-order valence-electron chi connectivity index (χ1n) is 10.6. The molecule has 0 atom stereocenters. The van der Waals surface area contributed by atoms with Gasteiger partial charge in [0.15, 0.2) is 0 Å². The fourth-order valence-electron chi connectivity index (χ4n) is 3.41. The van der Waals surface area contributed by atoms with E-state index >= 15 is 0 Å². The molecule has 0 aliphatic heterocycles. The summed E-state index contributed by atoms with van der Waals surface area (Å²) in [5, 5.41) is 22.4. The van der Waals surface area contributed by atoms with Crippen LogP contribution in [0.4, 0.5) is 11.4 Å². The van der Waals surface area contributed by atoms with Crippen molar-refractivity contribution in [2.75, 3.05) is 0 Å². The molecule has 4 heteroatoms. The molecule has 0 aliphatic rings. The Morgan fingerprint density at radius 3 is 1.67 bits per heavy atom. The third-order valence-corrected chi connectivity index (χ3v) is 5.34. The SMILES string of the molecule is CC(C)c1cccc(C(C)C)c1N=Nc1cc(C(C)(C)C)cc(C(C)(C)C)c1[O-].[Na+]. The van der Waals surface area contributed by atoms with Crippen molar-refractivity contribution in [1.82, 2.24) is 0 Å². The van der Waals surface area contributed by atoms with Gasteiger partial charge in [-0.2, -0.15) is 5.11 Å². The summed E-state index contributed by atoms with van der Waals surface area (Å²) >= 11 is 0. The Bertz CT molecular complexity index is 874. The van der Waals surface area contributed by atoms with Crippen molar-refractivity contribution in [2.45, 2.75) is 91.9 Å². The van der Waals surface area contributed by atoms with Gasteiger partial charge in [0.2, 0.25) is 0 Å². The summed E-state index contributed by atoms with van der Waals surface area (Å²) in [6.45, 7) is 21.3. The van der Waals surface area contributed by atoms with Crippen LogP contribution in [0.1, 0.15) is 103 Å². The van der Waals surface area contributed by atoms with E-state index in [9.17, 15) is 5.11 Å². The van der Waals surface area contributed by atoms with E-state index in [1.165, 1.54) is 0 Å². The van der Waals surface area contributed by atoms with E-state index in [4.69, 9.17) is 0 Å². The first-order chi connectivity index (χ1) is 13.2. The first kappa shape index (κ1) is 26.9. The zero-order valence-corrected chi connectivity index (χ0v) is 22.8. The molecule has 0 spiro atoms. The van der Waals surface area contributed by atoms with E-state index in [0.717, 1.165) is 27.9 Å². The summed E-state index contributed by atoms with van der Waals surface area (Å²) in [7, 11) is 0. The summed E-state index contributed by atoms with van der Waals surface area (Å²) < 4.78 is 0. The second-order valence-electron chi connectivity index (χ2n) is 10.7. The van der Waals surface area contributed by atoms with Crippen molar-refractivity contribution < 1.29 is 34.7 Å². The number of nitrogens with zero attached hydrogens (tertiary/aromatic N) is 2. The second kappa shape index (κ2) is 9.97. The number of hydrogen-bond acceptors (Lipinski definition) is 3. The predicted octanol–water partition coefficient (Wildman–Crippen LogP) is 5.02. The Balaban J connectivity index is 0.00000450. The van der Waals surface area contributed by atoms with Gasteiger partial charge in [-0.05, 0) is 51.0 Å². The topological polar surface area (TPSA) is 47.8 Å². The summed E-state index contributed by atoms with van der Waals surface area (Å²) in [4.78, 5) is 0. The molecule has 3 nitrogen and oxygen atoms in total. The third-order valence-electron chi connectivity index (χ3n) is 5.34. The Kier molecular flexibility index (Phi) is 8.94. The predicted molar refractivity (Wildman–Crippen MR) is 122 cm³/mol. The Labute approximate surface area is 205 Å². The number of benzene rings is 2. The fraction of sp³-hybridized carbons (Fsp3) is 0.538. The van der Waals surface area contributed by atoms with Gasteiger partial charge in [-0.15, -0.1) is 5.11 Å². The van der Waals surface area contributed by atoms with Crippen LogP contribution in [0.2, 0.25) is 0 Å². The van der Waals surface area contributed by atoms with Crippen LogP contribution in [0.5, 0.6) is 5.75 Å². The minimum absolute atomic E-state index is 0. The van der Waals surface area contributed by atoms with Gasteiger partial charge in [0.05, 0.1) is 11.4 Å². The minimum Gasteiger partial charge on any atom is -0.871 e. The molecule has 0 amide bonds. The minimum atomic E-state index is -0.248. The number of azo groups is 1. The van der Waals surface area contributed by atoms with Gasteiger partial charge in [0.1, 0.15) is 0 Å². The quantitative estimate of drug-likeness (QED) is 0.510. The van der Waals surface area contributed by atoms with Crippen molar-refractivity contribution >= 4 is 11.4 Å². The molecule has 0 aromatic heterocycles. The third kappa shape index (κ3) is 6.18. The van der Waals surface area contributed by atoms with E-state index in [2.05, 4.69) is 97.7 Å². The first-order valence-corrected chi connectivity index (χ1v) is 10.6. The van der Waals surface area contributed by atoms with E-state index in [1.807, 2.05) is 12.1 Å². The van der Waals surface area contributed by atoms with Gasteiger partial charge in [0.25, 0.3) is 0 Å². The standard InChI is InChI=1S/C26H38N2O.Na/c1-16(2)19-12-11-13-20(17(3)4)23(19)28-27-22-15-18(25(5,6)7)14-21(24(22)29)26(8,9)10;/h11-17,29H,1-10H3;/q;+1/p-1. The molecule has 2 aromatic rings. The van der Waals surface area contributed by atoms with Gasteiger partial charge >= 0.3 is 29.6 Å². The Morgan fingerprint density at radius 2 is 1.27 bits per heavy atom. The Morgan fingerprint density at radius 1 is 0.767 bits per heavy atom. The molecule has 2 aromatic carbocycles. The van der Waals surface area contributed by atoms with Crippen LogP contribution in [0, 0.1) is 0 Å². The van der Waals surface area contributed by atoms with Gasteiger partial charge in [-0.1, -0.05) is 99.3 Å².